The molecule has 0 saturated carbocycles. The molecule has 1 fully saturated rings. The number of fused-ring (bicyclic) bond motifs is 3. The Morgan fingerprint density at radius 3 is 2.59 bits per heavy atom. The topological polar surface area (TPSA) is 98.8 Å². The average Bonchev–Trinajstić information content (AvgIpc) is 3.32. The first-order valence-electron chi connectivity index (χ1n) is 13.0. The Balaban J connectivity index is 1.54. The van der Waals surface area contributed by atoms with E-state index in [0.717, 1.165) is 43.5 Å². The lowest BCUT2D eigenvalue weighted by molar-refractivity contribution is -0.117. The van der Waals surface area contributed by atoms with Gasteiger partial charge in [0.25, 0.3) is 0 Å². The number of aliphatic hydroxyl groups is 1. The number of rotatable bonds is 4. The van der Waals surface area contributed by atoms with Gasteiger partial charge in [0, 0.05) is 28.5 Å². The summed E-state index contributed by atoms with van der Waals surface area (Å²) in [6, 6.07) is 1.19. The molecule has 0 bridgehead atoms. The maximum atomic E-state index is 15.4. The van der Waals surface area contributed by atoms with Crippen molar-refractivity contribution < 1.29 is 19.4 Å². The SMILES string of the molecule is C=C(N)C1=C(C)C[C@@H]2CC3Cc4c(F)cc(NC(=O)CN5CCCC5)c(O)c4C(=C)C3=C(O)[C@]2(C)C1=C. The summed E-state index contributed by atoms with van der Waals surface area (Å²) in [6.45, 7) is 18.3. The Labute approximate surface area is 217 Å². The third-order valence-electron chi connectivity index (χ3n) is 9.04. The molecule has 1 amide bonds. The predicted octanol–water partition coefficient (Wildman–Crippen LogP) is 5.34. The van der Waals surface area contributed by atoms with Crippen LogP contribution >= 0.6 is 0 Å². The first-order chi connectivity index (χ1) is 17.4. The Morgan fingerprint density at radius 2 is 1.95 bits per heavy atom. The highest BCUT2D eigenvalue weighted by atomic mass is 19.1. The van der Waals surface area contributed by atoms with Crippen LogP contribution in [0, 0.1) is 23.1 Å². The molecule has 37 heavy (non-hydrogen) atoms. The molecule has 1 heterocycles. The van der Waals surface area contributed by atoms with Crippen LogP contribution in [0.5, 0.6) is 5.75 Å². The number of nitrogens with zero attached hydrogens (tertiary/aromatic N) is 1. The molecule has 7 heteroatoms. The van der Waals surface area contributed by atoms with Crippen molar-refractivity contribution in [2.75, 3.05) is 25.0 Å². The van der Waals surface area contributed by atoms with E-state index in [1.807, 2.05) is 18.7 Å². The van der Waals surface area contributed by atoms with E-state index in [4.69, 9.17) is 5.73 Å². The summed E-state index contributed by atoms with van der Waals surface area (Å²) in [4.78, 5) is 14.7. The first kappa shape index (κ1) is 25.3. The standard InChI is InChI=1S/C30H36FN3O3/c1-15-10-20-11-19-12-21-22(31)13-23(33-24(35)14-34-8-6-7-9-34)28(36)27(21)16(2)26(19)29(37)30(20,5)17(3)25(15)18(4)32/h13,19-20,36-37H,2-4,6-12,14,32H2,1,5H3,(H,33,35)/t19?,20-,30-/m1/s1. The summed E-state index contributed by atoms with van der Waals surface area (Å²) < 4.78 is 15.4. The van der Waals surface area contributed by atoms with Crippen LogP contribution in [-0.4, -0.2) is 40.7 Å². The number of aliphatic hydroxyl groups excluding tert-OH is 1. The summed E-state index contributed by atoms with van der Waals surface area (Å²) in [5.41, 5.74) is 9.96. The molecule has 0 aromatic heterocycles. The lowest BCUT2D eigenvalue weighted by atomic mass is 9.53. The second-order valence-electron chi connectivity index (χ2n) is 11.3. The molecule has 1 unspecified atom stereocenters. The number of hydrogen-bond donors (Lipinski definition) is 4. The number of phenols is 1. The van der Waals surface area contributed by atoms with Crippen LogP contribution in [0.25, 0.3) is 5.57 Å². The third kappa shape index (κ3) is 3.82. The first-order valence-corrected chi connectivity index (χ1v) is 13.0. The molecule has 3 atom stereocenters. The number of hydrogen-bond acceptors (Lipinski definition) is 5. The number of carbonyl (C=O) groups is 1. The van der Waals surface area contributed by atoms with E-state index in [2.05, 4.69) is 25.1 Å². The van der Waals surface area contributed by atoms with E-state index >= 15 is 4.39 Å². The van der Waals surface area contributed by atoms with Crippen molar-refractivity contribution in [1.82, 2.24) is 4.90 Å². The zero-order valence-corrected chi connectivity index (χ0v) is 21.7. The number of benzene rings is 1. The van der Waals surface area contributed by atoms with E-state index in [1.165, 1.54) is 6.07 Å². The Hall–Kier alpha value is -3.32. The van der Waals surface area contributed by atoms with Gasteiger partial charge in [0.05, 0.1) is 17.6 Å². The van der Waals surface area contributed by atoms with Crippen molar-refractivity contribution in [3.8, 4) is 5.75 Å². The van der Waals surface area contributed by atoms with Gasteiger partial charge in [-0.3, -0.25) is 9.69 Å². The molecule has 0 radical (unpaired) electrons. The molecular formula is C30H36FN3O3. The third-order valence-corrected chi connectivity index (χ3v) is 9.04. The van der Waals surface area contributed by atoms with Gasteiger partial charge in [0.1, 0.15) is 17.3 Å². The second kappa shape index (κ2) is 8.91. The zero-order valence-electron chi connectivity index (χ0n) is 21.7. The number of nitrogens with two attached hydrogens (primary N) is 1. The lowest BCUT2D eigenvalue weighted by Crippen LogP contribution is -2.43. The monoisotopic (exact) mass is 505 g/mol. The molecule has 196 valence electrons. The van der Waals surface area contributed by atoms with E-state index in [0.29, 0.717) is 40.8 Å². The van der Waals surface area contributed by atoms with Crippen LogP contribution in [0.3, 0.4) is 0 Å². The molecule has 6 nitrogen and oxygen atoms in total. The van der Waals surface area contributed by atoms with Crippen LogP contribution < -0.4 is 11.1 Å². The molecule has 1 aliphatic heterocycles. The Morgan fingerprint density at radius 1 is 1.27 bits per heavy atom. The minimum absolute atomic E-state index is 0.0161. The Kier molecular flexibility index (Phi) is 6.10. The second-order valence-corrected chi connectivity index (χ2v) is 11.3. The van der Waals surface area contributed by atoms with Gasteiger partial charge in [-0.05, 0) is 87.6 Å². The van der Waals surface area contributed by atoms with Crippen molar-refractivity contribution >= 4 is 17.2 Å². The Bertz CT molecular complexity index is 1320. The highest BCUT2D eigenvalue weighted by Gasteiger charge is 2.52. The van der Waals surface area contributed by atoms with E-state index in [-0.39, 0.29) is 47.0 Å². The van der Waals surface area contributed by atoms with Crippen molar-refractivity contribution in [1.29, 1.82) is 0 Å². The van der Waals surface area contributed by atoms with Gasteiger partial charge in [0.15, 0.2) is 0 Å². The predicted molar refractivity (Wildman–Crippen MR) is 144 cm³/mol. The number of carbonyl (C=O) groups excluding carboxylic acids is 1. The summed E-state index contributed by atoms with van der Waals surface area (Å²) in [7, 11) is 0. The molecule has 1 aromatic rings. The molecule has 4 aliphatic rings. The summed E-state index contributed by atoms with van der Waals surface area (Å²) in [5.74, 6) is -0.970. The van der Waals surface area contributed by atoms with E-state index in [9.17, 15) is 15.0 Å². The van der Waals surface area contributed by atoms with Crippen molar-refractivity contribution in [3.05, 3.63) is 76.5 Å². The zero-order chi connectivity index (χ0) is 26.8. The molecule has 3 aliphatic carbocycles. The van der Waals surface area contributed by atoms with Gasteiger partial charge in [-0.2, -0.15) is 0 Å². The fourth-order valence-corrected chi connectivity index (χ4v) is 7.09. The fraction of sp³-hybridized carbons (Fsp3) is 0.433. The lowest BCUT2D eigenvalue weighted by Gasteiger charge is -2.51. The van der Waals surface area contributed by atoms with Crippen LogP contribution in [-0.2, 0) is 11.2 Å². The maximum Gasteiger partial charge on any atom is 0.238 e. The van der Waals surface area contributed by atoms with Crippen LogP contribution in [0.2, 0.25) is 0 Å². The molecular weight excluding hydrogens is 469 g/mol. The molecule has 0 spiro atoms. The van der Waals surface area contributed by atoms with Gasteiger partial charge in [0.2, 0.25) is 5.91 Å². The highest BCUT2D eigenvalue weighted by molar-refractivity contribution is 5.97. The number of likely N-dealkylation sites (tertiary alicyclic amines) is 1. The minimum atomic E-state index is -0.779. The maximum absolute atomic E-state index is 15.4. The van der Waals surface area contributed by atoms with Gasteiger partial charge >= 0.3 is 0 Å². The van der Waals surface area contributed by atoms with Crippen LogP contribution in [0.1, 0.15) is 50.7 Å². The molecule has 5 N–H and O–H groups in total. The van der Waals surface area contributed by atoms with Crippen LogP contribution in [0.4, 0.5) is 10.1 Å². The fourth-order valence-electron chi connectivity index (χ4n) is 7.09. The van der Waals surface area contributed by atoms with E-state index in [1.54, 1.807) is 0 Å². The number of aromatic hydroxyl groups is 1. The van der Waals surface area contributed by atoms with Gasteiger partial charge < -0.3 is 21.3 Å². The van der Waals surface area contributed by atoms with Gasteiger partial charge in [-0.1, -0.05) is 25.3 Å². The number of anilines is 1. The number of halogens is 1. The summed E-state index contributed by atoms with van der Waals surface area (Å²) >= 11 is 0. The van der Waals surface area contributed by atoms with Crippen molar-refractivity contribution in [3.63, 3.8) is 0 Å². The smallest absolute Gasteiger partial charge is 0.238 e. The summed E-state index contributed by atoms with van der Waals surface area (Å²) in [5, 5.41) is 25.6. The molecule has 5 rings (SSSR count). The normalized spacial score (nSPS) is 27.6. The number of phenolic OH excluding ortho intramolecular Hbond substituents is 1. The summed E-state index contributed by atoms with van der Waals surface area (Å²) in [6.07, 6.45) is 3.86. The highest BCUT2D eigenvalue weighted by Crippen LogP contribution is 2.61. The number of nitrogens with one attached hydrogen (secondary N) is 1. The molecule has 1 aromatic carbocycles. The van der Waals surface area contributed by atoms with Crippen molar-refractivity contribution in [2.24, 2.45) is 23.0 Å². The van der Waals surface area contributed by atoms with Gasteiger partial charge in [-0.25, -0.2) is 4.39 Å². The molecule has 1 saturated heterocycles. The quantitative estimate of drug-likeness (QED) is 0.414. The van der Waals surface area contributed by atoms with Crippen LogP contribution in [0.15, 0.2) is 59.6 Å². The average molecular weight is 506 g/mol. The largest absolute Gasteiger partial charge is 0.511 e. The number of amides is 1. The van der Waals surface area contributed by atoms with Gasteiger partial charge in [-0.15, -0.1) is 0 Å². The minimum Gasteiger partial charge on any atom is -0.511 e. The number of allylic oxidation sites excluding steroid dienone is 5. The van der Waals surface area contributed by atoms with Crippen molar-refractivity contribution in [2.45, 2.75) is 46.0 Å². The van der Waals surface area contributed by atoms with E-state index < -0.39 is 11.2 Å².